The second-order valence-electron chi connectivity index (χ2n) is 4.13. The Hall–Kier alpha value is -1.86. The summed E-state index contributed by atoms with van der Waals surface area (Å²) in [6.07, 6.45) is 0. The third kappa shape index (κ3) is 3.31. The first-order valence-electron chi connectivity index (χ1n) is 5.77. The average Bonchev–Trinajstić information content (AvgIpc) is 2.47. The smallest absolute Gasteiger partial charge is 0.254 e. The summed E-state index contributed by atoms with van der Waals surface area (Å²) in [6.45, 7) is 1.47. The molecule has 3 nitrogen and oxygen atoms in total. The molecule has 1 N–H and O–H groups in total. The highest BCUT2D eigenvalue weighted by molar-refractivity contribution is 6.36. The van der Waals surface area contributed by atoms with Gasteiger partial charge in [0.2, 0.25) is 11.6 Å². The topological polar surface area (TPSA) is 37.3 Å². The van der Waals surface area contributed by atoms with Crippen molar-refractivity contribution in [2.24, 2.45) is 5.10 Å². The minimum atomic E-state index is -1.78. The van der Waals surface area contributed by atoms with Crippen LogP contribution in [0.4, 0.5) is 23.2 Å². The molecule has 0 fully saturated rings. The molecule has 0 saturated carbocycles. The molecule has 2 rings (SSSR count). The summed E-state index contributed by atoms with van der Waals surface area (Å²) >= 11 is 11.7. The number of hydrazone groups is 1. The van der Waals surface area contributed by atoms with Gasteiger partial charge in [0.25, 0.3) is 11.9 Å². The molecular formula is C13H7Cl2F4N3. The number of rotatable bonds is 3. The van der Waals surface area contributed by atoms with Crippen LogP contribution in [0.15, 0.2) is 23.3 Å². The lowest BCUT2D eigenvalue weighted by Crippen LogP contribution is -2.08. The van der Waals surface area contributed by atoms with Gasteiger partial charge < -0.3 is 0 Å². The number of nitrogens with one attached hydrogen (secondary N) is 1. The van der Waals surface area contributed by atoms with Gasteiger partial charge in [-0.05, 0) is 25.1 Å². The molecule has 116 valence electrons. The van der Waals surface area contributed by atoms with Gasteiger partial charge in [0, 0.05) is 15.6 Å². The maximum Gasteiger partial charge on any atom is 0.254 e. The largest absolute Gasteiger partial charge is 0.272 e. The third-order valence-electron chi connectivity index (χ3n) is 2.65. The predicted octanol–water partition coefficient (Wildman–Crippen LogP) is 4.78. The van der Waals surface area contributed by atoms with Gasteiger partial charge in [0.15, 0.2) is 0 Å². The highest BCUT2D eigenvalue weighted by Crippen LogP contribution is 2.24. The first-order valence-corrected chi connectivity index (χ1v) is 6.52. The van der Waals surface area contributed by atoms with Gasteiger partial charge >= 0.3 is 0 Å². The summed E-state index contributed by atoms with van der Waals surface area (Å²) in [5, 5.41) is 4.31. The number of pyridine rings is 1. The van der Waals surface area contributed by atoms with E-state index < -0.39 is 29.2 Å². The van der Waals surface area contributed by atoms with Crippen molar-refractivity contribution in [2.45, 2.75) is 6.92 Å². The number of halogens is 6. The predicted molar refractivity (Wildman–Crippen MR) is 76.4 cm³/mol. The van der Waals surface area contributed by atoms with Crippen molar-refractivity contribution in [1.82, 2.24) is 4.98 Å². The maximum absolute atomic E-state index is 13.4. The van der Waals surface area contributed by atoms with Crippen LogP contribution in [0, 0.1) is 23.5 Å². The van der Waals surface area contributed by atoms with E-state index >= 15 is 0 Å². The van der Waals surface area contributed by atoms with Gasteiger partial charge in [-0.3, -0.25) is 5.43 Å². The number of hydrogen-bond donors (Lipinski definition) is 1. The lowest BCUT2D eigenvalue weighted by molar-refractivity contribution is 0.411. The summed E-state index contributed by atoms with van der Waals surface area (Å²) in [4.78, 5) is 2.43. The Morgan fingerprint density at radius 2 is 1.68 bits per heavy atom. The molecule has 0 bridgehead atoms. The molecule has 1 aromatic heterocycles. The van der Waals surface area contributed by atoms with Crippen molar-refractivity contribution < 1.29 is 17.6 Å². The molecule has 0 aliphatic rings. The number of hydrogen-bond acceptors (Lipinski definition) is 3. The van der Waals surface area contributed by atoms with Crippen LogP contribution in [0.25, 0.3) is 0 Å². The molecule has 0 spiro atoms. The summed E-state index contributed by atoms with van der Waals surface area (Å²) < 4.78 is 52.8. The molecule has 0 aliphatic carbocycles. The van der Waals surface area contributed by atoms with Crippen LogP contribution >= 0.6 is 23.2 Å². The van der Waals surface area contributed by atoms with E-state index in [1.807, 2.05) is 5.43 Å². The molecule has 1 aromatic carbocycles. The van der Waals surface area contributed by atoms with Gasteiger partial charge in [-0.2, -0.15) is 27.6 Å². The van der Waals surface area contributed by atoms with Gasteiger partial charge in [-0.25, -0.2) is 0 Å². The molecule has 0 saturated heterocycles. The first kappa shape index (κ1) is 16.5. The van der Waals surface area contributed by atoms with E-state index in [0.29, 0.717) is 15.6 Å². The van der Waals surface area contributed by atoms with Crippen LogP contribution in [-0.4, -0.2) is 10.7 Å². The van der Waals surface area contributed by atoms with Crippen molar-refractivity contribution in [2.75, 3.05) is 5.43 Å². The fraction of sp³-hybridized carbons (Fsp3) is 0.0769. The average molecular weight is 352 g/mol. The summed E-state index contributed by atoms with van der Waals surface area (Å²) in [6, 6.07) is 4.52. The second kappa shape index (κ2) is 6.50. The molecule has 22 heavy (non-hydrogen) atoms. The zero-order valence-electron chi connectivity index (χ0n) is 10.9. The zero-order valence-corrected chi connectivity index (χ0v) is 12.4. The normalized spacial score (nSPS) is 11.7. The van der Waals surface area contributed by atoms with Gasteiger partial charge in [-0.15, -0.1) is 0 Å². The zero-order chi connectivity index (χ0) is 16.4. The van der Waals surface area contributed by atoms with Crippen molar-refractivity contribution in [1.29, 1.82) is 0 Å². The lowest BCUT2D eigenvalue weighted by atomic mass is 10.1. The number of benzene rings is 1. The Kier molecular flexibility index (Phi) is 4.87. The number of anilines is 1. The molecule has 0 unspecified atom stereocenters. The fourth-order valence-corrected chi connectivity index (χ4v) is 1.99. The van der Waals surface area contributed by atoms with E-state index in [0.717, 1.165) is 0 Å². The van der Waals surface area contributed by atoms with E-state index in [2.05, 4.69) is 10.1 Å². The van der Waals surface area contributed by atoms with E-state index in [4.69, 9.17) is 23.2 Å². The van der Waals surface area contributed by atoms with Gasteiger partial charge in [0.1, 0.15) is 5.69 Å². The van der Waals surface area contributed by atoms with Crippen molar-refractivity contribution in [3.63, 3.8) is 0 Å². The molecule has 0 aliphatic heterocycles. The monoisotopic (exact) mass is 351 g/mol. The Balaban J connectivity index is 2.38. The highest BCUT2D eigenvalue weighted by Gasteiger charge is 2.20. The first-order chi connectivity index (χ1) is 10.3. The standard InChI is InChI=1S/C13H7Cl2F4N3/c1-5(7-4-6(14)2-3-8(7)15)21-22-11-9(16)12(18)20-13(19)10(11)17/h2-4H,1H3,(H,20,22)/b21-5+. The van der Waals surface area contributed by atoms with Crippen LogP contribution in [-0.2, 0) is 0 Å². The van der Waals surface area contributed by atoms with Gasteiger partial charge in [-0.1, -0.05) is 23.2 Å². The lowest BCUT2D eigenvalue weighted by Gasteiger charge is -2.08. The Labute approximate surface area is 132 Å². The number of nitrogens with zero attached hydrogens (tertiary/aromatic N) is 2. The van der Waals surface area contributed by atoms with Crippen molar-refractivity contribution >= 4 is 34.6 Å². The van der Waals surface area contributed by atoms with E-state index in [1.165, 1.54) is 19.1 Å². The maximum atomic E-state index is 13.4. The SMILES string of the molecule is C/C(=N\Nc1c(F)c(F)nc(F)c1F)c1cc(Cl)ccc1Cl. The van der Waals surface area contributed by atoms with Crippen molar-refractivity contribution in [3.8, 4) is 0 Å². The Morgan fingerprint density at radius 3 is 2.27 bits per heavy atom. The second-order valence-corrected chi connectivity index (χ2v) is 4.97. The summed E-state index contributed by atoms with van der Waals surface area (Å²) in [5.74, 6) is -6.94. The quantitative estimate of drug-likeness (QED) is 0.374. The van der Waals surface area contributed by atoms with Crippen LogP contribution in [0.5, 0.6) is 0 Å². The van der Waals surface area contributed by atoms with Crippen molar-refractivity contribution in [3.05, 3.63) is 57.3 Å². The molecule has 0 amide bonds. The van der Waals surface area contributed by atoms with Crippen LogP contribution in [0.2, 0.25) is 10.0 Å². The van der Waals surface area contributed by atoms with Crippen LogP contribution in [0.1, 0.15) is 12.5 Å². The van der Waals surface area contributed by atoms with E-state index in [-0.39, 0.29) is 5.71 Å². The molecular weight excluding hydrogens is 345 g/mol. The minimum absolute atomic E-state index is 0.198. The van der Waals surface area contributed by atoms with E-state index in [1.54, 1.807) is 6.07 Å². The fourth-order valence-electron chi connectivity index (χ4n) is 1.56. The summed E-state index contributed by atoms with van der Waals surface area (Å²) in [5.41, 5.74) is 1.41. The molecule has 9 heteroatoms. The molecule has 0 radical (unpaired) electrons. The molecule has 0 atom stereocenters. The van der Waals surface area contributed by atoms with Crippen LogP contribution < -0.4 is 5.43 Å². The Bertz CT molecular complexity index is 739. The minimum Gasteiger partial charge on any atom is -0.272 e. The third-order valence-corrected chi connectivity index (χ3v) is 3.22. The summed E-state index contributed by atoms with van der Waals surface area (Å²) in [7, 11) is 0. The Morgan fingerprint density at radius 1 is 1.09 bits per heavy atom. The highest BCUT2D eigenvalue weighted by atomic mass is 35.5. The van der Waals surface area contributed by atoms with Gasteiger partial charge in [0.05, 0.1) is 5.71 Å². The van der Waals surface area contributed by atoms with E-state index in [9.17, 15) is 17.6 Å². The molecule has 1 heterocycles. The number of aromatic nitrogens is 1. The molecule has 2 aromatic rings. The van der Waals surface area contributed by atoms with Crippen LogP contribution in [0.3, 0.4) is 0 Å².